The van der Waals surface area contributed by atoms with Crippen LogP contribution in [0.4, 0.5) is 0 Å². The van der Waals surface area contributed by atoms with E-state index in [-0.39, 0.29) is 65.6 Å². The molecular weight excluding hydrogens is 837 g/mol. The van der Waals surface area contributed by atoms with Gasteiger partial charge in [0.25, 0.3) is 0 Å². The maximum absolute atomic E-state index is 14.4. The molecule has 2 aromatic rings. The van der Waals surface area contributed by atoms with Gasteiger partial charge in [0.15, 0.2) is 17.2 Å². The molecule has 0 radical (unpaired) electrons. The zero-order valence-corrected chi connectivity index (χ0v) is 43.0. The van der Waals surface area contributed by atoms with Crippen LogP contribution in [0.15, 0.2) is 29.6 Å². The van der Waals surface area contributed by atoms with Crippen molar-refractivity contribution in [3.63, 3.8) is 0 Å². The second-order valence-corrected chi connectivity index (χ2v) is 20.0. The zero-order chi connectivity index (χ0) is 47.1. The van der Waals surface area contributed by atoms with Crippen molar-refractivity contribution in [2.45, 2.75) is 145 Å². The van der Waals surface area contributed by atoms with Crippen LogP contribution >= 0.6 is 0 Å². The van der Waals surface area contributed by atoms with E-state index in [1.165, 1.54) is 57.6 Å². The SMILES string of the molecule is C=Cc1c(C)/c2[n-]/c1=C\C1[N-]/C(=C\c3[n-]c4c(c3C)C(=O)[C@H](C(=O)OC)/C4=C3[NH+]=C(\C=2)[C@@H](C)[C@@H]/3CCC(=O)OC/C=C(\C)CCC[C@H](C)CCC[C@H](C)CCCC(C)C)C(CC)C1C=O.[Mg+2]. The van der Waals surface area contributed by atoms with Crippen LogP contribution in [0.1, 0.15) is 164 Å². The molecule has 11 heteroatoms. The number of aldehydes is 1. The van der Waals surface area contributed by atoms with Crippen molar-refractivity contribution in [3.05, 3.63) is 79.3 Å². The van der Waals surface area contributed by atoms with Crippen molar-refractivity contribution in [1.82, 2.24) is 9.97 Å². The Morgan fingerprint density at radius 1 is 0.924 bits per heavy atom. The van der Waals surface area contributed by atoms with Gasteiger partial charge in [-0.05, 0) is 81.4 Å². The molecule has 8 atom stereocenters. The molecule has 1 fully saturated rings. The maximum Gasteiger partial charge on any atom is 2.00 e. The van der Waals surface area contributed by atoms with Gasteiger partial charge in [-0.1, -0.05) is 134 Å². The predicted octanol–water partition coefficient (Wildman–Crippen LogP) is 7.89. The van der Waals surface area contributed by atoms with Gasteiger partial charge in [0.1, 0.15) is 18.8 Å². The minimum absolute atomic E-state index is 0. The number of fused-ring (bicyclic) bond motifs is 6. The molecule has 0 spiro atoms. The van der Waals surface area contributed by atoms with E-state index in [1.807, 2.05) is 45.1 Å². The molecule has 4 aliphatic rings. The second kappa shape index (κ2) is 23.7. The molecule has 0 saturated carbocycles. The molecule has 0 aromatic carbocycles. The molecule has 1 N–H and O–H groups in total. The first kappa shape index (κ1) is 52.7. The van der Waals surface area contributed by atoms with Gasteiger partial charge in [-0.25, -0.2) is 4.99 Å². The third kappa shape index (κ3) is 11.7. The van der Waals surface area contributed by atoms with Crippen LogP contribution in [-0.4, -0.2) is 72.5 Å². The summed E-state index contributed by atoms with van der Waals surface area (Å²) < 4.78 is 11.1. The van der Waals surface area contributed by atoms with Crippen molar-refractivity contribution < 1.29 is 33.6 Å². The monoisotopic (exact) mass is 911 g/mol. The Morgan fingerprint density at radius 3 is 2.24 bits per heavy atom. The Balaban J connectivity index is 0.00000817. The Morgan fingerprint density at radius 2 is 1.61 bits per heavy atom. The number of allylic oxidation sites excluding steroid dienone is 3. The van der Waals surface area contributed by atoms with Crippen LogP contribution in [0.25, 0.3) is 35.2 Å². The van der Waals surface area contributed by atoms with Gasteiger partial charge in [-0.2, -0.15) is 5.70 Å². The van der Waals surface area contributed by atoms with E-state index >= 15 is 0 Å². The number of esters is 2. The number of carbonyl (C=O) groups excluding carboxylic acids is 4. The minimum atomic E-state index is -1.22. The molecule has 1 aliphatic carbocycles. The van der Waals surface area contributed by atoms with Gasteiger partial charge in [0, 0.05) is 23.5 Å². The summed E-state index contributed by atoms with van der Waals surface area (Å²) in [5.74, 6) is -1.26. The van der Waals surface area contributed by atoms with Crippen LogP contribution in [0.2, 0.25) is 0 Å². The first-order valence-corrected chi connectivity index (χ1v) is 24.5. The Hall–Kier alpha value is -4.22. The number of carbonyl (C=O) groups is 4. The number of hydrogen-bond donors (Lipinski definition) is 1. The zero-order valence-electron chi connectivity index (χ0n) is 41.6. The molecule has 2 aromatic heterocycles. The number of nitrogens with one attached hydrogen (secondary N) is 1. The number of nitrogens with zero attached hydrogens (tertiary/aromatic N) is 3. The molecule has 6 rings (SSSR count). The second-order valence-electron chi connectivity index (χ2n) is 20.0. The van der Waals surface area contributed by atoms with Gasteiger partial charge in [0.05, 0.1) is 18.9 Å². The van der Waals surface area contributed by atoms with Crippen LogP contribution in [0.3, 0.4) is 0 Å². The van der Waals surface area contributed by atoms with Gasteiger partial charge in [-0.15, -0.1) is 28.2 Å². The summed E-state index contributed by atoms with van der Waals surface area (Å²) in [6.45, 7) is 23.8. The van der Waals surface area contributed by atoms with Crippen molar-refractivity contribution in [2.24, 2.45) is 47.3 Å². The normalized spacial score (nSPS) is 25.9. The Kier molecular flexibility index (Phi) is 18.9. The Labute approximate surface area is 409 Å². The van der Waals surface area contributed by atoms with Crippen molar-refractivity contribution in [3.8, 4) is 0 Å². The van der Waals surface area contributed by atoms with Crippen LogP contribution in [-0.2, 0) is 23.9 Å². The number of Topliss-reactive ketones (excluding diaryl/α,β-unsaturated/α-hetero) is 1. The summed E-state index contributed by atoms with van der Waals surface area (Å²) in [5, 5.41) is 6.51. The molecule has 0 amide bonds. The smallest absolute Gasteiger partial charge is 0.681 e. The maximum atomic E-state index is 14.4. The van der Waals surface area contributed by atoms with Gasteiger partial charge in [-0.3, -0.25) is 14.4 Å². The summed E-state index contributed by atoms with van der Waals surface area (Å²) in [7, 11) is 1.29. The summed E-state index contributed by atoms with van der Waals surface area (Å²) in [6, 6.07) is -0.446. The van der Waals surface area contributed by atoms with Crippen LogP contribution < -0.4 is 25.7 Å². The van der Waals surface area contributed by atoms with Crippen molar-refractivity contribution >= 4 is 82.6 Å². The molecular formula is C55H74MgN4O6. The van der Waals surface area contributed by atoms with Crippen molar-refractivity contribution in [1.29, 1.82) is 0 Å². The molecule has 1 saturated heterocycles. The number of ether oxygens (including phenoxy) is 2. The van der Waals surface area contributed by atoms with E-state index in [0.717, 1.165) is 58.8 Å². The van der Waals surface area contributed by atoms with Gasteiger partial charge < -0.3 is 29.6 Å². The first-order chi connectivity index (χ1) is 31.1. The third-order valence-electron chi connectivity index (χ3n) is 14.8. The quantitative estimate of drug-likeness (QED) is 0.0439. The standard InChI is InChI=1S/C55H74N4O6.Mg/c1-12-38-35(8)42-27-43-36(9)40(23-24-48(61)65-26-25-34(7)22-16-21-33(6)20-15-19-32(5)18-14-17-31(3)4)52(58-43)50-51(55(63)64-11)54(62)49-37(10)44(59-53(49)50)28-46-39(13-2)41(30-60)47(57-46)29-45(38)56-42;/h12,25,27-33,36,39-41,47,51H,1,13-24,26H2,2-11H3,(H-,56,58,59,62);/q-2;+2/b34-25+,45-29-,46-28-;/t32-,33-,36+,39?,40+,41?,47?,51-;/m1./s1. The number of methoxy groups -OCH3 is 1. The third-order valence-corrected chi connectivity index (χ3v) is 14.8. The number of ketones is 1. The van der Waals surface area contributed by atoms with Crippen LogP contribution in [0, 0.1) is 61.2 Å². The number of hydrogen-bond acceptors (Lipinski definition) is 6. The molecule has 10 nitrogen and oxygen atoms in total. The topological polar surface area (TPSA) is 143 Å². The molecule has 3 unspecified atom stereocenters. The summed E-state index contributed by atoms with van der Waals surface area (Å²) >= 11 is 0. The van der Waals surface area contributed by atoms with E-state index in [1.54, 1.807) is 6.08 Å². The largest absolute Gasteiger partial charge is 2.00 e. The van der Waals surface area contributed by atoms with Crippen LogP contribution in [0.5, 0.6) is 0 Å². The van der Waals surface area contributed by atoms with Gasteiger partial charge >= 0.3 is 35.0 Å². The van der Waals surface area contributed by atoms with E-state index < -0.39 is 23.8 Å². The molecule has 352 valence electrons. The van der Waals surface area contributed by atoms with E-state index in [0.29, 0.717) is 57.9 Å². The predicted molar refractivity (Wildman–Crippen MR) is 266 cm³/mol. The summed E-state index contributed by atoms with van der Waals surface area (Å²) in [6.07, 6.45) is 23.1. The van der Waals surface area contributed by atoms with Crippen molar-refractivity contribution in [2.75, 3.05) is 13.7 Å². The first-order valence-electron chi connectivity index (χ1n) is 24.5. The fourth-order valence-electron chi connectivity index (χ4n) is 10.6. The molecule has 5 heterocycles. The van der Waals surface area contributed by atoms with E-state index in [9.17, 15) is 19.2 Å². The molecule has 8 bridgehead atoms. The minimum Gasteiger partial charge on any atom is -0.681 e. The fourth-order valence-corrected chi connectivity index (χ4v) is 10.6. The fraction of sp³-hybridized carbons (Fsp3) is 0.582. The average molecular weight is 912 g/mol. The molecule has 3 aliphatic heterocycles. The summed E-state index contributed by atoms with van der Waals surface area (Å²) in [5.41, 5.74) is 7.75. The Bertz CT molecular complexity index is 2380. The molecule has 66 heavy (non-hydrogen) atoms. The number of rotatable bonds is 21. The van der Waals surface area contributed by atoms with E-state index in [2.05, 4.69) is 53.1 Å². The van der Waals surface area contributed by atoms with E-state index in [4.69, 9.17) is 24.8 Å². The number of aromatic nitrogens is 2. The summed E-state index contributed by atoms with van der Waals surface area (Å²) in [4.78, 5) is 67.9. The average Bonchev–Trinajstić information content (AvgIpc) is 4.02. The van der Waals surface area contributed by atoms with Gasteiger partial charge in [0.2, 0.25) is 0 Å².